The second-order valence-electron chi connectivity index (χ2n) is 4.15. The van der Waals surface area contributed by atoms with Gasteiger partial charge in [-0.15, -0.1) is 0 Å². The molecule has 3 nitrogen and oxygen atoms in total. The van der Waals surface area contributed by atoms with Crippen LogP contribution < -0.4 is 5.32 Å². The van der Waals surface area contributed by atoms with E-state index in [-0.39, 0.29) is 0 Å². The van der Waals surface area contributed by atoms with Crippen molar-refractivity contribution >= 4 is 5.69 Å². The molecule has 3 rings (SSSR count). The minimum absolute atomic E-state index is 0.426. The average Bonchev–Trinajstić information content (AvgIpc) is 3.12. The van der Waals surface area contributed by atoms with Crippen LogP contribution in [-0.2, 0) is 15.9 Å². The van der Waals surface area contributed by atoms with Crippen LogP contribution in [0.3, 0.4) is 0 Å². The van der Waals surface area contributed by atoms with Crippen LogP contribution in [0.4, 0.5) is 5.69 Å². The molecule has 1 N–H and O–H groups in total. The first-order chi connectivity index (χ1) is 7.42. The highest BCUT2D eigenvalue weighted by Crippen LogP contribution is 2.23. The van der Waals surface area contributed by atoms with Crippen LogP contribution in [0, 0.1) is 0 Å². The van der Waals surface area contributed by atoms with Gasteiger partial charge in [0.25, 0.3) is 0 Å². The number of rotatable bonds is 5. The van der Waals surface area contributed by atoms with Crippen molar-refractivity contribution in [2.75, 3.05) is 25.1 Å². The van der Waals surface area contributed by atoms with Crippen molar-refractivity contribution in [1.29, 1.82) is 0 Å². The fourth-order valence-electron chi connectivity index (χ4n) is 1.71. The van der Waals surface area contributed by atoms with E-state index in [1.54, 1.807) is 0 Å². The molecule has 2 aliphatic rings. The monoisotopic (exact) mass is 205 g/mol. The summed E-state index contributed by atoms with van der Waals surface area (Å²) in [5.41, 5.74) is 2.57. The van der Waals surface area contributed by atoms with Gasteiger partial charge in [0.15, 0.2) is 0 Å². The number of benzene rings is 1. The summed E-state index contributed by atoms with van der Waals surface area (Å²) >= 11 is 0. The minimum Gasteiger partial charge on any atom is -0.382 e. The molecular formula is C12H15NO2. The lowest BCUT2D eigenvalue weighted by Gasteiger charge is -2.09. The number of para-hydroxylation sites is 1. The van der Waals surface area contributed by atoms with Crippen LogP contribution in [0.15, 0.2) is 24.3 Å². The molecule has 0 spiro atoms. The standard InChI is InChI=1S/C12H15NO2/c1-2-4-12(13-6-11-8-15-11)9(3-1)5-10-7-14-10/h1-4,10-11,13H,5-8H2. The third kappa shape index (κ3) is 2.49. The van der Waals surface area contributed by atoms with Gasteiger partial charge in [0.2, 0.25) is 0 Å². The maximum Gasteiger partial charge on any atom is 0.0981 e. The molecule has 0 saturated carbocycles. The number of hydrogen-bond acceptors (Lipinski definition) is 3. The van der Waals surface area contributed by atoms with E-state index in [1.165, 1.54) is 11.3 Å². The predicted molar refractivity (Wildman–Crippen MR) is 58.1 cm³/mol. The first kappa shape index (κ1) is 9.19. The third-order valence-corrected chi connectivity index (χ3v) is 2.79. The van der Waals surface area contributed by atoms with Crippen molar-refractivity contribution in [3.8, 4) is 0 Å². The van der Waals surface area contributed by atoms with Gasteiger partial charge in [0, 0.05) is 18.7 Å². The smallest absolute Gasteiger partial charge is 0.0981 e. The van der Waals surface area contributed by atoms with Gasteiger partial charge in [-0.05, 0) is 11.6 Å². The van der Waals surface area contributed by atoms with E-state index in [9.17, 15) is 0 Å². The van der Waals surface area contributed by atoms with Crippen LogP contribution in [0.25, 0.3) is 0 Å². The topological polar surface area (TPSA) is 37.1 Å². The van der Waals surface area contributed by atoms with Crippen LogP contribution in [-0.4, -0.2) is 32.0 Å². The Bertz CT molecular complexity index is 345. The Kier molecular flexibility index (Phi) is 2.35. The third-order valence-electron chi connectivity index (χ3n) is 2.79. The molecule has 0 radical (unpaired) electrons. The summed E-state index contributed by atoms with van der Waals surface area (Å²) in [6, 6.07) is 8.43. The SMILES string of the molecule is c1ccc(NCC2CO2)c(CC2CO2)c1. The molecular weight excluding hydrogens is 190 g/mol. The summed E-state index contributed by atoms with van der Waals surface area (Å²) in [6.45, 7) is 2.74. The summed E-state index contributed by atoms with van der Waals surface area (Å²) in [6.07, 6.45) is 1.90. The lowest BCUT2D eigenvalue weighted by atomic mass is 10.1. The van der Waals surface area contributed by atoms with Crippen molar-refractivity contribution in [2.45, 2.75) is 18.6 Å². The number of epoxide rings is 2. The van der Waals surface area contributed by atoms with Gasteiger partial charge < -0.3 is 14.8 Å². The largest absolute Gasteiger partial charge is 0.382 e. The van der Waals surface area contributed by atoms with Crippen molar-refractivity contribution in [3.05, 3.63) is 29.8 Å². The fourth-order valence-corrected chi connectivity index (χ4v) is 1.71. The Morgan fingerprint density at radius 2 is 1.87 bits per heavy atom. The first-order valence-electron chi connectivity index (χ1n) is 5.47. The lowest BCUT2D eigenvalue weighted by molar-refractivity contribution is 0.407. The number of anilines is 1. The Hall–Kier alpha value is -1.06. The second-order valence-corrected chi connectivity index (χ2v) is 4.15. The maximum atomic E-state index is 5.25. The summed E-state index contributed by atoms with van der Waals surface area (Å²) < 4.78 is 10.4. The quantitative estimate of drug-likeness (QED) is 0.739. The average molecular weight is 205 g/mol. The van der Waals surface area contributed by atoms with Gasteiger partial charge in [0.1, 0.15) is 0 Å². The highest BCUT2D eigenvalue weighted by Gasteiger charge is 2.25. The van der Waals surface area contributed by atoms with Crippen LogP contribution >= 0.6 is 0 Å². The predicted octanol–water partition coefficient (Wildman–Crippen LogP) is 1.44. The molecule has 0 aromatic heterocycles. The van der Waals surface area contributed by atoms with E-state index in [1.807, 2.05) is 0 Å². The molecule has 0 aliphatic carbocycles. The number of nitrogens with one attached hydrogen (secondary N) is 1. The molecule has 15 heavy (non-hydrogen) atoms. The Labute approximate surface area is 89.4 Å². The normalized spacial score (nSPS) is 27.5. The maximum absolute atomic E-state index is 5.25. The molecule has 80 valence electrons. The molecule has 3 heteroatoms. The zero-order chi connectivity index (χ0) is 10.1. The summed E-state index contributed by atoms with van der Waals surface area (Å²) in [5.74, 6) is 0. The van der Waals surface area contributed by atoms with E-state index in [0.717, 1.165) is 26.2 Å². The Morgan fingerprint density at radius 3 is 2.60 bits per heavy atom. The zero-order valence-corrected chi connectivity index (χ0v) is 8.61. The van der Waals surface area contributed by atoms with Gasteiger partial charge in [-0.1, -0.05) is 18.2 Å². The minimum atomic E-state index is 0.426. The van der Waals surface area contributed by atoms with Gasteiger partial charge >= 0.3 is 0 Å². The highest BCUT2D eigenvalue weighted by molar-refractivity contribution is 5.51. The molecule has 2 aliphatic heterocycles. The molecule has 0 amide bonds. The molecule has 1 aromatic carbocycles. The van der Waals surface area contributed by atoms with Gasteiger partial charge in [0.05, 0.1) is 25.4 Å². The van der Waals surface area contributed by atoms with Crippen molar-refractivity contribution in [2.24, 2.45) is 0 Å². The van der Waals surface area contributed by atoms with Crippen molar-refractivity contribution < 1.29 is 9.47 Å². The molecule has 0 bridgehead atoms. The van der Waals surface area contributed by atoms with E-state index in [4.69, 9.17) is 9.47 Å². The molecule has 2 heterocycles. The van der Waals surface area contributed by atoms with Gasteiger partial charge in [-0.2, -0.15) is 0 Å². The molecule has 2 unspecified atom stereocenters. The van der Waals surface area contributed by atoms with Gasteiger partial charge in [-0.25, -0.2) is 0 Å². The van der Waals surface area contributed by atoms with Crippen LogP contribution in [0.2, 0.25) is 0 Å². The summed E-state index contributed by atoms with van der Waals surface area (Å²) in [7, 11) is 0. The van der Waals surface area contributed by atoms with Crippen molar-refractivity contribution in [1.82, 2.24) is 0 Å². The molecule has 2 saturated heterocycles. The summed E-state index contributed by atoms with van der Waals surface area (Å²) in [4.78, 5) is 0. The van der Waals surface area contributed by atoms with Crippen LogP contribution in [0.5, 0.6) is 0 Å². The molecule has 1 aromatic rings. The number of hydrogen-bond donors (Lipinski definition) is 1. The van der Waals surface area contributed by atoms with E-state index in [0.29, 0.717) is 12.2 Å². The van der Waals surface area contributed by atoms with E-state index in [2.05, 4.69) is 29.6 Å². The molecule has 2 fully saturated rings. The number of ether oxygens (including phenoxy) is 2. The highest BCUT2D eigenvalue weighted by atomic mass is 16.6. The van der Waals surface area contributed by atoms with E-state index < -0.39 is 0 Å². The van der Waals surface area contributed by atoms with Crippen molar-refractivity contribution in [3.63, 3.8) is 0 Å². The Balaban J connectivity index is 1.66. The molecule has 2 atom stereocenters. The van der Waals surface area contributed by atoms with Gasteiger partial charge in [-0.3, -0.25) is 0 Å². The zero-order valence-electron chi connectivity index (χ0n) is 8.61. The Morgan fingerprint density at radius 1 is 1.13 bits per heavy atom. The fraction of sp³-hybridized carbons (Fsp3) is 0.500. The van der Waals surface area contributed by atoms with Crippen LogP contribution in [0.1, 0.15) is 5.56 Å². The van der Waals surface area contributed by atoms with E-state index >= 15 is 0 Å². The summed E-state index contributed by atoms with van der Waals surface area (Å²) in [5, 5.41) is 3.43. The second kappa shape index (κ2) is 3.83. The lowest BCUT2D eigenvalue weighted by Crippen LogP contribution is -2.10. The first-order valence-corrected chi connectivity index (χ1v) is 5.47.